The van der Waals surface area contributed by atoms with E-state index in [0.29, 0.717) is 6.42 Å². The van der Waals surface area contributed by atoms with Crippen LogP contribution in [0.3, 0.4) is 0 Å². The van der Waals surface area contributed by atoms with E-state index in [-0.39, 0.29) is 28.9 Å². The first-order chi connectivity index (χ1) is 10.2. The zero-order valence-electron chi connectivity index (χ0n) is 15.3. The minimum Gasteiger partial charge on any atom is -0.308 e. The first kappa shape index (κ1) is 22.3. The third-order valence-corrected chi connectivity index (χ3v) is 5.19. The van der Waals surface area contributed by atoms with Gasteiger partial charge in [0.1, 0.15) is 5.78 Å². The Morgan fingerprint density at radius 2 is 1.83 bits per heavy atom. The highest BCUT2D eigenvalue weighted by atomic mass is 32.2. The molecule has 0 aliphatic rings. The number of hydrogen-bond donors (Lipinski definition) is 2. The van der Waals surface area contributed by atoms with Gasteiger partial charge in [0, 0.05) is 17.5 Å². The molecular weight excluding hydrogens is 314 g/mol. The Bertz CT molecular complexity index is 509. The fourth-order valence-electron chi connectivity index (χ4n) is 2.93. The maximum Gasteiger partial charge on any atom is 0.266 e. The summed E-state index contributed by atoms with van der Waals surface area (Å²) in [6.45, 7) is 15.0. The maximum atomic E-state index is 11.8. The fraction of sp³-hybridized carbons (Fsp3) is 0.824. The molecule has 2 atom stereocenters. The first-order valence-electron chi connectivity index (χ1n) is 8.08. The summed E-state index contributed by atoms with van der Waals surface area (Å²) in [4.78, 5) is 11.8. The average molecular weight is 348 g/mol. The van der Waals surface area contributed by atoms with Gasteiger partial charge in [0.05, 0.1) is 5.75 Å². The Balaban J connectivity index is 5.26. The highest BCUT2D eigenvalue weighted by molar-refractivity contribution is 7.85. The van der Waals surface area contributed by atoms with Gasteiger partial charge in [0.25, 0.3) is 10.1 Å². The van der Waals surface area contributed by atoms with Gasteiger partial charge in [-0.2, -0.15) is 8.42 Å². The molecule has 0 amide bonds. The van der Waals surface area contributed by atoms with Crippen molar-refractivity contribution in [3.63, 3.8) is 0 Å². The molecule has 0 aromatic heterocycles. The fourth-order valence-corrected chi connectivity index (χ4v) is 3.92. The molecule has 0 saturated carbocycles. The lowest BCUT2D eigenvalue weighted by molar-refractivity contribution is -0.121. The lowest BCUT2D eigenvalue weighted by Crippen LogP contribution is -2.52. The van der Waals surface area contributed by atoms with Crippen LogP contribution in [0.25, 0.3) is 0 Å². The molecule has 0 radical (unpaired) electrons. The van der Waals surface area contributed by atoms with Gasteiger partial charge in [-0.05, 0) is 45.4 Å². The van der Waals surface area contributed by atoms with Gasteiger partial charge in [-0.25, -0.2) is 0 Å². The zero-order valence-corrected chi connectivity index (χ0v) is 16.2. The van der Waals surface area contributed by atoms with Crippen LogP contribution >= 0.6 is 0 Å². The number of carbonyl (C=O) groups is 1. The van der Waals surface area contributed by atoms with Gasteiger partial charge in [-0.3, -0.25) is 9.35 Å². The summed E-state index contributed by atoms with van der Waals surface area (Å²) >= 11 is 0. The third-order valence-electron chi connectivity index (χ3n) is 4.10. The van der Waals surface area contributed by atoms with Crippen molar-refractivity contribution in [2.24, 2.45) is 11.3 Å². The SMILES string of the molecule is C=CC(C)(C)CC(CC(CC)C(C)=O)NC(C)(C)CS(=O)(=O)O. The molecule has 0 spiro atoms. The highest BCUT2D eigenvalue weighted by Crippen LogP contribution is 2.28. The van der Waals surface area contributed by atoms with Crippen molar-refractivity contribution >= 4 is 15.9 Å². The number of allylic oxidation sites excluding steroid dienone is 1. The summed E-state index contributed by atoms with van der Waals surface area (Å²) < 4.78 is 31.5. The Kier molecular flexibility index (Phi) is 8.14. The van der Waals surface area contributed by atoms with Crippen molar-refractivity contribution in [1.82, 2.24) is 5.32 Å². The summed E-state index contributed by atoms with van der Waals surface area (Å²) in [6, 6.07) is -0.0476. The highest BCUT2D eigenvalue weighted by Gasteiger charge is 2.31. The number of rotatable bonds is 11. The van der Waals surface area contributed by atoms with Crippen molar-refractivity contribution in [3.8, 4) is 0 Å². The zero-order chi connectivity index (χ0) is 18.5. The molecule has 0 aliphatic heterocycles. The molecule has 0 bridgehead atoms. The number of nitrogens with one attached hydrogen (secondary N) is 1. The van der Waals surface area contributed by atoms with Crippen LogP contribution in [0.1, 0.15) is 60.8 Å². The summed E-state index contributed by atoms with van der Waals surface area (Å²) in [5.74, 6) is -0.292. The molecule has 0 aromatic rings. The monoisotopic (exact) mass is 347 g/mol. The van der Waals surface area contributed by atoms with Gasteiger partial charge in [-0.15, -0.1) is 6.58 Å². The van der Waals surface area contributed by atoms with Crippen LogP contribution < -0.4 is 5.32 Å². The van der Waals surface area contributed by atoms with Crippen molar-refractivity contribution in [1.29, 1.82) is 0 Å². The average Bonchev–Trinajstić information content (AvgIpc) is 2.31. The molecule has 0 aromatic carbocycles. The lowest BCUT2D eigenvalue weighted by Gasteiger charge is -2.36. The predicted octanol–water partition coefficient (Wildman–Crippen LogP) is 3.22. The van der Waals surface area contributed by atoms with Crippen molar-refractivity contribution in [3.05, 3.63) is 12.7 Å². The molecular formula is C17H33NO4S. The second-order valence-electron chi connectivity index (χ2n) is 7.80. The molecule has 6 heteroatoms. The molecule has 0 heterocycles. The van der Waals surface area contributed by atoms with Crippen molar-refractivity contribution < 1.29 is 17.8 Å². The second-order valence-corrected chi connectivity index (χ2v) is 9.25. The van der Waals surface area contributed by atoms with Gasteiger partial charge in [0.15, 0.2) is 0 Å². The van der Waals surface area contributed by atoms with E-state index in [1.165, 1.54) is 0 Å². The van der Waals surface area contributed by atoms with Crippen LogP contribution in [0.15, 0.2) is 12.7 Å². The van der Waals surface area contributed by atoms with Crippen molar-refractivity contribution in [2.45, 2.75) is 72.4 Å². The molecule has 0 fully saturated rings. The quantitative estimate of drug-likeness (QED) is 0.443. The molecule has 0 saturated heterocycles. The van der Waals surface area contributed by atoms with E-state index in [1.54, 1.807) is 20.8 Å². The standard InChI is InChI=1S/C17H33NO4S/c1-8-14(13(3)19)10-15(11-16(4,5)9-2)18-17(6,7)12-23(20,21)22/h9,14-15,18H,2,8,10-12H2,1,3-7H3,(H,20,21,22). The smallest absolute Gasteiger partial charge is 0.266 e. The summed E-state index contributed by atoms with van der Waals surface area (Å²) in [6.07, 6.45) is 3.99. The second kappa shape index (κ2) is 8.40. The Hall–Kier alpha value is -0.720. The van der Waals surface area contributed by atoms with Crippen LogP contribution in [0.4, 0.5) is 0 Å². The normalized spacial score (nSPS) is 16.0. The predicted molar refractivity (Wildman–Crippen MR) is 95.1 cm³/mol. The third kappa shape index (κ3) is 9.89. The van der Waals surface area contributed by atoms with E-state index in [9.17, 15) is 13.2 Å². The van der Waals surface area contributed by atoms with E-state index >= 15 is 0 Å². The molecule has 0 rings (SSSR count). The van der Waals surface area contributed by atoms with E-state index in [4.69, 9.17) is 4.55 Å². The largest absolute Gasteiger partial charge is 0.308 e. The number of ketones is 1. The molecule has 2 N–H and O–H groups in total. The maximum absolute atomic E-state index is 11.8. The summed E-state index contributed by atoms with van der Waals surface area (Å²) in [7, 11) is -4.08. The van der Waals surface area contributed by atoms with Crippen LogP contribution in [0.5, 0.6) is 0 Å². The number of hydrogen-bond acceptors (Lipinski definition) is 4. The summed E-state index contributed by atoms with van der Waals surface area (Å²) in [5, 5.41) is 3.32. The Labute approximate surface area is 141 Å². The van der Waals surface area contributed by atoms with Gasteiger partial charge < -0.3 is 5.32 Å². The Morgan fingerprint density at radius 1 is 1.30 bits per heavy atom. The number of carbonyl (C=O) groups excluding carboxylic acids is 1. The van der Waals surface area contributed by atoms with E-state index in [0.717, 1.165) is 12.8 Å². The van der Waals surface area contributed by atoms with E-state index in [1.807, 2.05) is 13.0 Å². The minimum atomic E-state index is -4.08. The summed E-state index contributed by atoms with van der Waals surface area (Å²) in [5.41, 5.74) is -0.925. The topological polar surface area (TPSA) is 83.5 Å². The first-order valence-corrected chi connectivity index (χ1v) is 9.69. The van der Waals surface area contributed by atoms with Crippen LogP contribution in [0.2, 0.25) is 0 Å². The Morgan fingerprint density at radius 3 is 2.17 bits per heavy atom. The van der Waals surface area contributed by atoms with Crippen LogP contribution in [-0.2, 0) is 14.9 Å². The molecule has 5 nitrogen and oxygen atoms in total. The van der Waals surface area contributed by atoms with Gasteiger partial charge in [0.2, 0.25) is 0 Å². The number of Topliss-reactive ketones (excluding diaryl/α,β-unsaturated/α-hetero) is 1. The molecule has 2 unspecified atom stereocenters. The van der Waals surface area contributed by atoms with E-state index < -0.39 is 15.7 Å². The van der Waals surface area contributed by atoms with Gasteiger partial charge >= 0.3 is 0 Å². The molecule has 0 aliphatic carbocycles. The van der Waals surface area contributed by atoms with Crippen LogP contribution in [-0.4, -0.2) is 36.1 Å². The van der Waals surface area contributed by atoms with Crippen molar-refractivity contribution in [2.75, 3.05) is 5.75 Å². The van der Waals surface area contributed by atoms with Gasteiger partial charge in [-0.1, -0.05) is 26.8 Å². The molecule has 136 valence electrons. The molecule has 23 heavy (non-hydrogen) atoms. The van der Waals surface area contributed by atoms with E-state index in [2.05, 4.69) is 25.7 Å². The lowest BCUT2D eigenvalue weighted by atomic mass is 9.81. The minimum absolute atomic E-state index is 0.0476. The van der Waals surface area contributed by atoms with Crippen LogP contribution in [0, 0.1) is 11.3 Å².